The van der Waals surface area contributed by atoms with Gasteiger partial charge in [-0.3, -0.25) is 9.30 Å². The topological polar surface area (TPSA) is 58.4 Å². The average Bonchev–Trinajstić information content (AvgIpc) is 2.81. The molecule has 2 aromatic rings. The van der Waals surface area contributed by atoms with E-state index in [0.717, 1.165) is 43.3 Å². The molecule has 3 rings (SSSR count). The van der Waals surface area contributed by atoms with Crippen LogP contribution >= 0.6 is 0 Å². The lowest BCUT2D eigenvalue weighted by atomic mass is 10.2. The van der Waals surface area contributed by atoms with Crippen molar-refractivity contribution in [3.63, 3.8) is 0 Å². The fourth-order valence-electron chi connectivity index (χ4n) is 2.42. The first-order valence-electron chi connectivity index (χ1n) is 6.38. The van der Waals surface area contributed by atoms with Crippen molar-refractivity contribution in [2.24, 2.45) is 0 Å². The van der Waals surface area contributed by atoms with Gasteiger partial charge in [-0.1, -0.05) is 0 Å². The van der Waals surface area contributed by atoms with Crippen molar-refractivity contribution in [3.8, 4) is 0 Å². The number of nitrogens with one attached hydrogen (secondary N) is 1. The molecule has 1 N–H and O–H groups in total. The summed E-state index contributed by atoms with van der Waals surface area (Å²) in [4.78, 5) is 6.74. The summed E-state index contributed by atoms with van der Waals surface area (Å²) in [6, 6.07) is 2.23. The first kappa shape index (κ1) is 11.6. The Kier molecular flexibility index (Phi) is 2.97. The summed E-state index contributed by atoms with van der Waals surface area (Å²) in [6.07, 6.45) is 1.82. The molecular weight excluding hydrogens is 228 g/mol. The summed E-state index contributed by atoms with van der Waals surface area (Å²) in [5.74, 6) is 0.972. The normalized spacial score (nSPS) is 19.2. The summed E-state index contributed by atoms with van der Waals surface area (Å²) in [7, 11) is 0. The van der Waals surface area contributed by atoms with Gasteiger partial charge in [0.15, 0.2) is 11.5 Å². The summed E-state index contributed by atoms with van der Waals surface area (Å²) in [5, 5.41) is 11.9. The molecule has 1 aliphatic rings. The number of fused-ring (bicyclic) bond motifs is 1. The molecule has 0 spiro atoms. The fraction of sp³-hybridized carbons (Fsp3) is 0.583. The van der Waals surface area contributed by atoms with E-state index >= 15 is 0 Å². The van der Waals surface area contributed by atoms with Gasteiger partial charge in [-0.05, 0) is 13.8 Å². The van der Waals surface area contributed by atoms with Gasteiger partial charge in [-0.2, -0.15) is 0 Å². The van der Waals surface area contributed by atoms with Crippen LogP contribution < -0.4 is 5.32 Å². The van der Waals surface area contributed by atoms with E-state index in [0.29, 0.717) is 0 Å². The molecule has 1 aliphatic heterocycles. The molecule has 0 amide bonds. The second-order valence-corrected chi connectivity index (χ2v) is 4.78. The Balaban J connectivity index is 1.93. The lowest BCUT2D eigenvalue weighted by Crippen LogP contribution is -2.44. The number of hydrogen-bond donors (Lipinski definition) is 1. The SMILES string of the molecule is Cc1cc2nnc(C(C)N3CCNCC3)n2cn1. The van der Waals surface area contributed by atoms with Gasteiger partial charge in [0.1, 0.15) is 6.33 Å². The number of aryl methyl sites for hydroxylation is 1. The first-order valence-corrected chi connectivity index (χ1v) is 6.38. The lowest BCUT2D eigenvalue weighted by molar-refractivity contribution is 0.178. The van der Waals surface area contributed by atoms with E-state index in [9.17, 15) is 0 Å². The number of rotatable bonds is 2. The van der Waals surface area contributed by atoms with Crippen molar-refractivity contribution in [1.29, 1.82) is 0 Å². The maximum absolute atomic E-state index is 4.32. The van der Waals surface area contributed by atoms with E-state index in [-0.39, 0.29) is 6.04 Å². The van der Waals surface area contributed by atoms with Crippen LogP contribution in [0.1, 0.15) is 24.5 Å². The molecule has 1 unspecified atom stereocenters. The predicted molar refractivity (Wildman–Crippen MR) is 68.4 cm³/mol. The van der Waals surface area contributed by atoms with Crippen LogP contribution in [0.25, 0.3) is 5.65 Å². The Labute approximate surface area is 106 Å². The van der Waals surface area contributed by atoms with Gasteiger partial charge in [0.2, 0.25) is 0 Å². The van der Waals surface area contributed by atoms with E-state index < -0.39 is 0 Å². The highest BCUT2D eigenvalue weighted by atomic mass is 15.3. The predicted octanol–water partition coefficient (Wildman–Crippen LogP) is 0.399. The number of nitrogens with zero attached hydrogens (tertiary/aromatic N) is 5. The molecule has 0 radical (unpaired) electrons. The van der Waals surface area contributed by atoms with Crippen molar-refractivity contribution >= 4 is 5.65 Å². The monoisotopic (exact) mass is 246 g/mol. The molecule has 1 fully saturated rings. The van der Waals surface area contributed by atoms with Crippen molar-refractivity contribution < 1.29 is 0 Å². The van der Waals surface area contributed by atoms with Gasteiger partial charge in [-0.15, -0.1) is 10.2 Å². The zero-order valence-electron chi connectivity index (χ0n) is 10.8. The van der Waals surface area contributed by atoms with Crippen molar-refractivity contribution in [1.82, 2.24) is 29.8 Å². The summed E-state index contributed by atoms with van der Waals surface area (Å²) >= 11 is 0. The molecule has 96 valence electrons. The molecule has 1 atom stereocenters. The second kappa shape index (κ2) is 4.62. The highest BCUT2D eigenvalue weighted by Crippen LogP contribution is 2.19. The Hall–Kier alpha value is -1.53. The van der Waals surface area contributed by atoms with Crippen LogP contribution in [0.3, 0.4) is 0 Å². The van der Waals surface area contributed by atoms with Gasteiger partial charge in [0.05, 0.1) is 6.04 Å². The van der Waals surface area contributed by atoms with Crippen LogP contribution in [0.4, 0.5) is 0 Å². The van der Waals surface area contributed by atoms with Crippen LogP contribution in [0, 0.1) is 6.92 Å². The second-order valence-electron chi connectivity index (χ2n) is 4.78. The Bertz CT molecular complexity index is 542. The molecule has 0 saturated carbocycles. The first-order chi connectivity index (χ1) is 8.75. The third-order valence-electron chi connectivity index (χ3n) is 3.54. The van der Waals surface area contributed by atoms with E-state index in [1.165, 1.54) is 0 Å². The van der Waals surface area contributed by atoms with E-state index in [4.69, 9.17) is 0 Å². The Morgan fingerprint density at radius 2 is 2.06 bits per heavy atom. The molecule has 1 saturated heterocycles. The zero-order valence-corrected chi connectivity index (χ0v) is 10.8. The minimum absolute atomic E-state index is 0.270. The quantitative estimate of drug-likeness (QED) is 0.831. The molecule has 6 nitrogen and oxygen atoms in total. The molecule has 0 aliphatic carbocycles. The van der Waals surface area contributed by atoms with Gasteiger partial charge in [0, 0.05) is 37.9 Å². The average molecular weight is 246 g/mol. The third-order valence-corrected chi connectivity index (χ3v) is 3.54. The van der Waals surface area contributed by atoms with Gasteiger partial charge in [0.25, 0.3) is 0 Å². The zero-order chi connectivity index (χ0) is 12.5. The summed E-state index contributed by atoms with van der Waals surface area (Å²) in [5.41, 5.74) is 1.84. The van der Waals surface area contributed by atoms with Gasteiger partial charge >= 0.3 is 0 Å². The molecule has 2 aromatic heterocycles. The minimum Gasteiger partial charge on any atom is -0.314 e. The van der Waals surface area contributed by atoms with Crippen LogP contribution in [-0.2, 0) is 0 Å². The minimum atomic E-state index is 0.270. The third kappa shape index (κ3) is 1.97. The van der Waals surface area contributed by atoms with Crippen LogP contribution in [-0.4, -0.2) is 50.7 Å². The van der Waals surface area contributed by atoms with Gasteiger partial charge < -0.3 is 5.32 Å². The Morgan fingerprint density at radius 1 is 1.28 bits per heavy atom. The number of aromatic nitrogens is 4. The highest BCUT2D eigenvalue weighted by Gasteiger charge is 2.22. The van der Waals surface area contributed by atoms with E-state index in [1.807, 2.05) is 23.7 Å². The van der Waals surface area contributed by atoms with Crippen LogP contribution in [0.15, 0.2) is 12.4 Å². The van der Waals surface area contributed by atoms with E-state index in [2.05, 4.69) is 32.3 Å². The molecule has 18 heavy (non-hydrogen) atoms. The smallest absolute Gasteiger partial charge is 0.163 e. The molecule has 0 bridgehead atoms. The molecule has 0 aromatic carbocycles. The summed E-state index contributed by atoms with van der Waals surface area (Å²) < 4.78 is 1.99. The van der Waals surface area contributed by atoms with Gasteiger partial charge in [-0.25, -0.2) is 4.98 Å². The standard InChI is InChI=1S/C12H18N6/c1-9-7-11-15-16-12(18(11)8-14-9)10(2)17-5-3-13-4-6-17/h7-8,10,13H,3-6H2,1-2H3. The molecule has 6 heteroatoms. The fourth-order valence-corrected chi connectivity index (χ4v) is 2.42. The Morgan fingerprint density at radius 3 is 2.83 bits per heavy atom. The molecule has 3 heterocycles. The number of hydrogen-bond acceptors (Lipinski definition) is 5. The van der Waals surface area contributed by atoms with Crippen LogP contribution in [0.2, 0.25) is 0 Å². The van der Waals surface area contributed by atoms with Crippen LogP contribution in [0.5, 0.6) is 0 Å². The van der Waals surface area contributed by atoms with Crippen molar-refractivity contribution in [2.75, 3.05) is 26.2 Å². The van der Waals surface area contributed by atoms with Crippen molar-refractivity contribution in [2.45, 2.75) is 19.9 Å². The highest BCUT2D eigenvalue weighted by molar-refractivity contribution is 5.38. The summed E-state index contributed by atoms with van der Waals surface area (Å²) in [6.45, 7) is 8.33. The maximum Gasteiger partial charge on any atom is 0.163 e. The number of piperazine rings is 1. The van der Waals surface area contributed by atoms with Crippen molar-refractivity contribution in [3.05, 3.63) is 23.9 Å². The van der Waals surface area contributed by atoms with E-state index in [1.54, 1.807) is 0 Å². The largest absolute Gasteiger partial charge is 0.314 e. The lowest BCUT2D eigenvalue weighted by Gasteiger charge is -2.31. The maximum atomic E-state index is 4.32. The molecular formula is C12H18N6.